The molecule has 1 atom stereocenters. The number of hydrogen-bond acceptors (Lipinski definition) is 2. The Hall–Kier alpha value is -3.20. The summed E-state index contributed by atoms with van der Waals surface area (Å²) in [5.41, 5.74) is 6.65. The first kappa shape index (κ1) is 18.2. The largest absolute Gasteiger partial charge is 0.337 e. The van der Waals surface area contributed by atoms with Crippen molar-refractivity contribution in [1.82, 2.24) is 9.97 Å². The molecule has 0 aliphatic heterocycles. The normalized spacial score (nSPS) is 12.9. The van der Waals surface area contributed by atoms with E-state index in [1.165, 1.54) is 5.56 Å². The van der Waals surface area contributed by atoms with Crippen LogP contribution in [0, 0.1) is 5.92 Å². The number of nitrogens with one attached hydrogen (secondary N) is 1. The minimum Gasteiger partial charge on any atom is -0.337 e. The molecule has 0 saturated carbocycles. The maximum Gasteiger partial charge on any atom is 0.149 e. The van der Waals surface area contributed by atoms with Crippen molar-refractivity contribution in [3.05, 3.63) is 78.6 Å². The van der Waals surface area contributed by atoms with Gasteiger partial charge in [-0.3, -0.25) is 4.99 Å². The Morgan fingerprint density at radius 2 is 1.36 bits per heavy atom. The molecule has 1 aromatic heterocycles. The molecule has 0 fully saturated rings. The first-order chi connectivity index (χ1) is 13.6. The van der Waals surface area contributed by atoms with Crippen molar-refractivity contribution < 1.29 is 0 Å². The summed E-state index contributed by atoms with van der Waals surface area (Å²) in [5, 5.41) is 0. The van der Waals surface area contributed by atoms with E-state index in [1.54, 1.807) is 0 Å². The molecule has 0 amide bonds. The maximum absolute atomic E-state index is 4.90. The summed E-state index contributed by atoms with van der Waals surface area (Å²) in [6.45, 7) is 6.50. The summed E-state index contributed by atoms with van der Waals surface area (Å²) >= 11 is 0. The summed E-state index contributed by atoms with van der Waals surface area (Å²) < 4.78 is 0. The highest BCUT2D eigenvalue weighted by atomic mass is 14.9. The first-order valence-electron chi connectivity index (χ1n) is 9.80. The number of nitrogens with zero attached hydrogens (tertiary/aromatic N) is 2. The molecule has 1 unspecified atom stereocenters. The van der Waals surface area contributed by atoms with Crippen LogP contribution in [0.15, 0.2) is 77.8 Å². The Bertz CT molecular complexity index is 1020. The van der Waals surface area contributed by atoms with Crippen molar-refractivity contribution in [2.45, 2.75) is 26.8 Å². The van der Waals surface area contributed by atoms with Crippen LogP contribution >= 0.6 is 0 Å². The average molecular weight is 367 g/mol. The van der Waals surface area contributed by atoms with E-state index in [0.717, 1.165) is 33.5 Å². The summed E-state index contributed by atoms with van der Waals surface area (Å²) in [5.74, 6) is 1.29. The summed E-state index contributed by atoms with van der Waals surface area (Å²) in [6, 6.07) is 25.4. The van der Waals surface area contributed by atoms with Gasteiger partial charge < -0.3 is 4.98 Å². The van der Waals surface area contributed by atoms with Gasteiger partial charge in [-0.05, 0) is 24.0 Å². The zero-order chi connectivity index (χ0) is 19.5. The van der Waals surface area contributed by atoms with E-state index in [0.29, 0.717) is 5.92 Å². The molecule has 140 valence electrons. The standard InChI is InChI=1S/C25H25N3/c1-17(2)18(3)26-16-23-27-24-21(19-10-6-4-7-11-19)14-15-22(25(24)28-23)20-12-8-5-9-13-20/h4-18H,1-3H3,(H,27,28). The summed E-state index contributed by atoms with van der Waals surface area (Å²) in [7, 11) is 0. The van der Waals surface area contributed by atoms with Crippen LogP contribution in [0.1, 0.15) is 26.6 Å². The van der Waals surface area contributed by atoms with E-state index in [-0.39, 0.29) is 6.04 Å². The molecule has 3 nitrogen and oxygen atoms in total. The highest BCUT2D eigenvalue weighted by Gasteiger charge is 2.14. The van der Waals surface area contributed by atoms with Gasteiger partial charge in [0.25, 0.3) is 0 Å². The second-order valence-electron chi connectivity index (χ2n) is 7.50. The third-order valence-electron chi connectivity index (χ3n) is 5.23. The number of aromatic amines is 1. The lowest BCUT2D eigenvalue weighted by atomic mass is 9.98. The van der Waals surface area contributed by atoms with Crippen LogP contribution in [0.2, 0.25) is 0 Å². The van der Waals surface area contributed by atoms with Crippen molar-refractivity contribution in [2.24, 2.45) is 10.9 Å². The number of hydrogen-bond donors (Lipinski definition) is 1. The zero-order valence-corrected chi connectivity index (χ0v) is 16.6. The highest BCUT2D eigenvalue weighted by molar-refractivity contribution is 6.02. The van der Waals surface area contributed by atoms with Crippen molar-refractivity contribution in [3.8, 4) is 22.3 Å². The molecule has 0 radical (unpaired) electrons. The van der Waals surface area contributed by atoms with Gasteiger partial charge in [-0.2, -0.15) is 0 Å². The summed E-state index contributed by atoms with van der Waals surface area (Å²) in [4.78, 5) is 13.1. The quantitative estimate of drug-likeness (QED) is 0.410. The van der Waals surface area contributed by atoms with Crippen molar-refractivity contribution >= 4 is 17.2 Å². The Labute approximate surface area is 166 Å². The monoisotopic (exact) mass is 367 g/mol. The van der Waals surface area contributed by atoms with E-state index in [2.05, 4.69) is 91.4 Å². The predicted octanol–water partition coefficient (Wildman–Crippen LogP) is 6.36. The molecule has 0 aliphatic carbocycles. The van der Waals surface area contributed by atoms with Crippen LogP contribution in [-0.2, 0) is 0 Å². The van der Waals surface area contributed by atoms with Crippen LogP contribution < -0.4 is 0 Å². The molecule has 0 spiro atoms. The fraction of sp³-hybridized carbons (Fsp3) is 0.200. The van der Waals surface area contributed by atoms with Gasteiger partial charge in [0.15, 0.2) is 0 Å². The van der Waals surface area contributed by atoms with Crippen molar-refractivity contribution in [2.75, 3.05) is 0 Å². The van der Waals surface area contributed by atoms with E-state index in [4.69, 9.17) is 4.98 Å². The van der Waals surface area contributed by atoms with Gasteiger partial charge in [0.2, 0.25) is 0 Å². The van der Waals surface area contributed by atoms with E-state index in [9.17, 15) is 0 Å². The Morgan fingerprint density at radius 3 is 1.96 bits per heavy atom. The molecule has 4 rings (SSSR count). The Morgan fingerprint density at radius 1 is 0.786 bits per heavy atom. The second kappa shape index (κ2) is 7.81. The second-order valence-corrected chi connectivity index (χ2v) is 7.50. The fourth-order valence-corrected chi connectivity index (χ4v) is 3.24. The molecule has 3 aromatic carbocycles. The lowest BCUT2D eigenvalue weighted by Crippen LogP contribution is -2.07. The Balaban J connectivity index is 1.88. The minimum absolute atomic E-state index is 0.260. The molecule has 4 aromatic rings. The maximum atomic E-state index is 4.90. The van der Waals surface area contributed by atoms with Gasteiger partial charge in [-0.25, -0.2) is 4.98 Å². The fourth-order valence-electron chi connectivity index (χ4n) is 3.24. The third-order valence-corrected chi connectivity index (χ3v) is 5.23. The van der Waals surface area contributed by atoms with E-state index in [1.807, 2.05) is 18.3 Å². The number of fused-ring (bicyclic) bond motifs is 1. The molecule has 0 bridgehead atoms. The van der Waals surface area contributed by atoms with E-state index < -0.39 is 0 Å². The van der Waals surface area contributed by atoms with E-state index >= 15 is 0 Å². The van der Waals surface area contributed by atoms with Crippen LogP contribution in [0.5, 0.6) is 0 Å². The number of rotatable bonds is 5. The Kier molecular flexibility index (Phi) is 5.07. The van der Waals surface area contributed by atoms with Gasteiger partial charge in [-0.1, -0.05) is 86.6 Å². The molecule has 3 heteroatoms. The molecule has 28 heavy (non-hydrogen) atoms. The number of benzene rings is 3. The summed E-state index contributed by atoms with van der Waals surface area (Å²) in [6.07, 6.45) is 1.87. The van der Waals surface area contributed by atoms with Crippen molar-refractivity contribution in [3.63, 3.8) is 0 Å². The average Bonchev–Trinajstić information content (AvgIpc) is 3.16. The highest BCUT2D eigenvalue weighted by Crippen LogP contribution is 2.34. The lowest BCUT2D eigenvalue weighted by Gasteiger charge is -2.08. The number of imidazole rings is 1. The SMILES string of the molecule is CC(C)C(C)N=Cc1nc2c(-c3ccccc3)ccc(-c3ccccc3)c2[nH]1. The van der Waals surface area contributed by atoms with Crippen LogP contribution in [0.3, 0.4) is 0 Å². The van der Waals surface area contributed by atoms with Gasteiger partial charge in [0, 0.05) is 17.2 Å². The number of aliphatic imine (C=N–C) groups is 1. The lowest BCUT2D eigenvalue weighted by molar-refractivity contribution is 0.533. The topological polar surface area (TPSA) is 41.0 Å². The van der Waals surface area contributed by atoms with Crippen LogP contribution in [0.25, 0.3) is 33.3 Å². The number of aromatic nitrogens is 2. The van der Waals surface area contributed by atoms with Gasteiger partial charge >= 0.3 is 0 Å². The molecule has 0 saturated heterocycles. The smallest absolute Gasteiger partial charge is 0.149 e. The van der Waals surface area contributed by atoms with Crippen LogP contribution in [-0.4, -0.2) is 22.2 Å². The molecular weight excluding hydrogens is 342 g/mol. The molecule has 1 heterocycles. The van der Waals surface area contributed by atoms with Gasteiger partial charge in [0.1, 0.15) is 5.82 Å². The van der Waals surface area contributed by atoms with Crippen molar-refractivity contribution in [1.29, 1.82) is 0 Å². The first-order valence-corrected chi connectivity index (χ1v) is 9.80. The van der Waals surface area contributed by atoms with Gasteiger partial charge in [0.05, 0.1) is 17.2 Å². The predicted molar refractivity (Wildman–Crippen MR) is 119 cm³/mol. The minimum atomic E-state index is 0.260. The molecule has 1 N–H and O–H groups in total. The molecule has 0 aliphatic rings. The zero-order valence-electron chi connectivity index (χ0n) is 16.6. The number of H-pyrrole nitrogens is 1. The third kappa shape index (κ3) is 3.61. The molecular formula is C25H25N3. The van der Waals surface area contributed by atoms with Gasteiger partial charge in [-0.15, -0.1) is 0 Å². The van der Waals surface area contributed by atoms with Crippen LogP contribution in [0.4, 0.5) is 0 Å².